The van der Waals surface area contributed by atoms with Crippen molar-refractivity contribution in [2.45, 2.75) is 18.0 Å². The Morgan fingerprint density at radius 2 is 2.06 bits per heavy atom. The molecule has 2 amide bonds. The molecule has 2 saturated heterocycles. The van der Waals surface area contributed by atoms with Crippen molar-refractivity contribution in [3.05, 3.63) is 47.8 Å². The van der Waals surface area contributed by atoms with Crippen LogP contribution in [0.5, 0.6) is 11.5 Å². The van der Waals surface area contributed by atoms with Gasteiger partial charge in [-0.05, 0) is 18.1 Å². The Hall–Kier alpha value is -3.31. The van der Waals surface area contributed by atoms with E-state index in [1.165, 1.54) is 12.3 Å². The second-order valence-electron chi connectivity index (χ2n) is 8.16. The van der Waals surface area contributed by atoms with Crippen molar-refractivity contribution in [1.29, 1.82) is 0 Å². The smallest absolute Gasteiger partial charge is 0.319 e. The summed E-state index contributed by atoms with van der Waals surface area (Å²) >= 11 is 0. The molecule has 33 heavy (non-hydrogen) atoms. The lowest BCUT2D eigenvalue weighted by Gasteiger charge is -2.33. The quantitative estimate of drug-likeness (QED) is 0.515. The largest absolute Gasteiger partial charge is 0.450 e. The molecular weight excluding hydrogens is 441 g/mol. The van der Waals surface area contributed by atoms with E-state index < -0.39 is 29.1 Å². The maximum Gasteiger partial charge on any atom is 0.319 e. The summed E-state index contributed by atoms with van der Waals surface area (Å²) < 4.78 is 59.3. The van der Waals surface area contributed by atoms with Crippen LogP contribution in [-0.2, 0) is 9.47 Å². The highest BCUT2D eigenvalue weighted by Crippen LogP contribution is 2.39. The molecule has 0 spiro atoms. The summed E-state index contributed by atoms with van der Waals surface area (Å²) in [7, 11) is 0. The second-order valence-corrected chi connectivity index (χ2v) is 8.16. The molecular formula is C22H21F3N4O4. The Kier molecular flexibility index (Phi) is 5.59. The summed E-state index contributed by atoms with van der Waals surface area (Å²) in [6.07, 6.45) is 4.10. The van der Waals surface area contributed by atoms with Crippen molar-refractivity contribution < 1.29 is 32.2 Å². The Balaban J connectivity index is 1.34. The second kappa shape index (κ2) is 8.56. The summed E-state index contributed by atoms with van der Waals surface area (Å²) in [6.45, 7) is 0.694. The predicted molar refractivity (Wildman–Crippen MR) is 112 cm³/mol. The fourth-order valence-electron chi connectivity index (χ4n) is 3.92. The number of amides is 2. The minimum atomic E-state index is -1.62. The predicted octanol–water partition coefficient (Wildman–Crippen LogP) is 4.00. The summed E-state index contributed by atoms with van der Waals surface area (Å²) in [6, 6.07) is 2.59. The molecule has 8 nitrogen and oxygen atoms in total. The number of alkyl halides is 1. The number of carbonyl (C=O) groups excluding carboxylic acids is 1. The van der Waals surface area contributed by atoms with Gasteiger partial charge < -0.3 is 29.8 Å². The molecule has 5 rings (SSSR count). The zero-order valence-electron chi connectivity index (χ0n) is 17.4. The van der Waals surface area contributed by atoms with E-state index in [1.807, 2.05) is 0 Å². The first-order valence-electron chi connectivity index (χ1n) is 10.4. The van der Waals surface area contributed by atoms with Crippen LogP contribution in [0.15, 0.2) is 30.6 Å². The van der Waals surface area contributed by atoms with Gasteiger partial charge in [-0.25, -0.2) is 22.9 Å². The Bertz CT molecular complexity index is 1170. The summed E-state index contributed by atoms with van der Waals surface area (Å²) in [5.74, 6) is -2.26. The van der Waals surface area contributed by atoms with Gasteiger partial charge in [0.1, 0.15) is 11.4 Å². The fraction of sp³-hybridized carbons (Fsp3) is 0.364. The zero-order valence-corrected chi connectivity index (χ0v) is 17.4. The third kappa shape index (κ3) is 4.33. The number of urea groups is 1. The number of nitrogens with one attached hydrogen (secondary N) is 3. The van der Waals surface area contributed by atoms with Crippen molar-refractivity contribution in [2.75, 3.05) is 38.3 Å². The van der Waals surface area contributed by atoms with Gasteiger partial charge in [0, 0.05) is 42.7 Å². The molecule has 0 radical (unpaired) electrons. The van der Waals surface area contributed by atoms with E-state index in [4.69, 9.17) is 14.2 Å². The van der Waals surface area contributed by atoms with Crippen molar-refractivity contribution >= 4 is 22.8 Å². The molecule has 1 atom stereocenters. The number of ether oxygens (including phenoxy) is 3. The lowest BCUT2D eigenvalue weighted by molar-refractivity contribution is -0.125. The standard InChI is InChI=1S/C22H21F3N4O4/c23-15-5-13(29-21(30)28-9-22(25)10-32-11-22)6-16(24)19(15)33-17-1-3-26-20-18(17)14(7-27-20)12-2-4-31-8-12/h1,3,5-7,12H,2,4,8-11H2,(H,26,27)(H2,28,29,30). The number of benzene rings is 1. The van der Waals surface area contributed by atoms with Crippen LogP contribution in [-0.4, -0.2) is 54.6 Å². The first-order chi connectivity index (χ1) is 15.9. The van der Waals surface area contributed by atoms with Gasteiger partial charge in [-0.3, -0.25) is 0 Å². The van der Waals surface area contributed by atoms with Gasteiger partial charge in [0.05, 0.1) is 31.8 Å². The molecule has 4 heterocycles. The molecule has 0 aliphatic carbocycles. The lowest BCUT2D eigenvalue weighted by Crippen LogP contribution is -2.54. The molecule has 1 aromatic carbocycles. The highest BCUT2D eigenvalue weighted by molar-refractivity contribution is 5.89. The van der Waals surface area contributed by atoms with Gasteiger partial charge in [0.15, 0.2) is 23.1 Å². The van der Waals surface area contributed by atoms with Crippen molar-refractivity contribution in [1.82, 2.24) is 15.3 Å². The number of carbonyl (C=O) groups is 1. The summed E-state index contributed by atoms with van der Waals surface area (Å²) in [5, 5.41) is 5.23. The van der Waals surface area contributed by atoms with Crippen molar-refractivity contribution in [3.63, 3.8) is 0 Å². The SMILES string of the molecule is O=C(NCC1(F)COC1)Nc1cc(F)c(Oc2ccnc3[nH]cc(C4CCOC4)c23)c(F)c1. The first-order valence-corrected chi connectivity index (χ1v) is 10.4. The summed E-state index contributed by atoms with van der Waals surface area (Å²) in [5.41, 5.74) is -0.321. The Labute approximate surface area is 186 Å². The molecule has 0 bridgehead atoms. The molecule has 11 heteroatoms. The van der Waals surface area contributed by atoms with Gasteiger partial charge in [0.25, 0.3) is 0 Å². The average molecular weight is 462 g/mol. The van der Waals surface area contributed by atoms with Crippen LogP contribution in [0.4, 0.5) is 23.7 Å². The van der Waals surface area contributed by atoms with Gasteiger partial charge in [-0.15, -0.1) is 0 Å². The lowest BCUT2D eigenvalue weighted by atomic mass is 9.98. The fourth-order valence-corrected chi connectivity index (χ4v) is 3.92. The maximum atomic E-state index is 14.8. The molecule has 2 aromatic heterocycles. The number of nitrogens with zero attached hydrogens (tertiary/aromatic N) is 1. The van der Waals surface area contributed by atoms with E-state index in [1.54, 1.807) is 6.20 Å². The van der Waals surface area contributed by atoms with E-state index in [-0.39, 0.29) is 37.1 Å². The van der Waals surface area contributed by atoms with Gasteiger partial charge in [0.2, 0.25) is 0 Å². The summed E-state index contributed by atoms with van der Waals surface area (Å²) in [4.78, 5) is 19.3. The monoisotopic (exact) mass is 462 g/mol. The number of hydrogen-bond acceptors (Lipinski definition) is 5. The molecule has 3 aromatic rings. The van der Waals surface area contributed by atoms with Crippen molar-refractivity contribution in [3.8, 4) is 11.5 Å². The number of rotatable bonds is 6. The number of anilines is 1. The normalized spacial score (nSPS) is 19.3. The maximum absolute atomic E-state index is 14.8. The molecule has 2 fully saturated rings. The zero-order chi connectivity index (χ0) is 23.0. The van der Waals surface area contributed by atoms with E-state index in [0.29, 0.717) is 24.2 Å². The van der Waals surface area contributed by atoms with E-state index in [2.05, 4.69) is 20.6 Å². The average Bonchev–Trinajstić information content (AvgIpc) is 3.43. The highest BCUT2D eigenvalue weighted by Gasteiger charge is 2.39. The van der Waals surface area contributed by atoms with Gasteiger partial charge >= 0.3 is 6.03 Å². The molecule has 174 valence electrons. The molecule has 1 unspecified atom stereocenters. The van der Waals surface area contributed by atoms with Crippen LogP contribution < -0.4 is 15.4 Å². The first kappa shape index (κ1) is 21.5. The third-order valence-electron chi connectivity index (χ3n) is 5.69. The van der Waals surface area contributed by atoms with Crippen molar-refractivity contribution in [2.24, 2.45) is 0 Å². The number of pyridine rings is 1. The van der Waals surface area contributed by atoms with Gasteiger partial charge in [-0.2, -0.15) is 0 Å². The topological polar surface area (TPSA) is 97.5 Å². The number of aromatic nitrogens is 2. The molecule has 0 saturated carbocycles. The Morgan fingerprint density at radius 1 is 1.27 bits per heavy atom. The van der Waals surface area contributed by atoms with Crippen LogP contribution in [0.1, 0.15) is 17.9 Å². The number of aromatic amines is 1. The molecule has 2 aliphatic rings. The van der Waals surface area contributed by atoms with Crippen LogP contribution >= 0.6 is 0 Å². The number of hydrogen-bond donors (Lipinski definition) is 3. The van der Waals surface area contributed by atoms with Crippen LogP contribution in [0.25, 0.3) is 11.0 Å². The number of fused-ring (bicyclic) bond motifs is 1. The molecule has 2 aliphatic heterocycles. The third-order valence-corrected chi connectivity index (χ3v) is 5.69. The van der Waals surface area contributed by atoms with Crippen LogP contribution in [0.3, 0.4) is 0 Å². The number of H-pyrrole nitrogens is 1. The van der Waals surface area contributed by atoms with Gasteiger partial charge in [-0.1, -0.05) is 0 Å². The highest BCUT2D eigenvalue weighted by atomic mass is 19.1. The van der Waals surface area contributed by atoms with E-state index in [9.17, 15) is 18.0 Å². The molecule has 3 N–H and O–H groups in total. The number of halogens is 3. The minimum Gasteiger partial charge on any atom is -0.450 e. The van der Waals surface area contributed by atoms with Crippen LogP contribution in [0.2, 0.25) is 0 Å². The Morgan fingerprint density at radius 3 is 2.73 bits per heavy atom. The van der Waals surface area contributed by atoms with Crippen LogP contribution in [0, 0.1) is 11.6 Å². The minimum absolute atomic E-state index is 0.110. The van der Waals surface area contributed by atoms with E-state index >= 15 is 0 Å². The van der Waals surface area contributed by atoms with E-state index in [0.717, 1.165) is 24.1 Å².